The number of hydrogen-bond acceptors (Lipinski definition) is 3. The van der Waals surface area contributed by atoms with E-state index >= 15 is 0 Å². The summed E-state index contributed by atoms with van der Waals surface area (Å²) in [7, 11) is 0. The summed E-state index contributed by atoms with van der Waals surface area (Å²) < 4.78 is 1.74. The number of hydrogen-bond donors (Lipinski definition) is 1. The molecule has 1 aromatic heterocycles. The van der Waals surface area contributed by atoms with Crippen molar-refractivity contribution in [3.05, 3.63) is 41.7 Å². The molecule has 1 aromatic carbocycles. The van der Waals surface area contributed by atoms with Crippen LogP contribution in [0, 0.1) is 0 Å². The van der Waals surface area contributed by atoms with Crippen LogP contribution in [0.2, 0.25) is 0 Å². The Bertz CT molecular complexity index is 430. The van der Waals surface area contributed by atoms with Crippen molar-refractivity contribution in [3.8, 4) is 5.69 Å². The minimum absolute atomic E-state index is 0.424. The van der Waals surface area contributed by atoms with Gasteiger partial charge in [0.05, 0.1) is 17.6 Å². The molecule has 0 bridgehead atoms. The van der Waals surface area contributed by atoms with E-state index in [1.807, 2.05) is 18.3 Å². The number of nitrogens with zero attached hydrogens (tertiary/aromatic N) is 3. The fourth-order valence-corrected chi connectivity index (χ4v) is 1.40. The first kappa shape index (κ1) is 9.86. The molecule has 0 amide bonds. The van der Waals surface area contributed by atoms with Crippen molar-refractivity contribution in [2.45, 2.75) is 19.9 Å². The Labute approximate surface area is 88.7 Å². The van der Waals surface area contributed by atoms with Gasteiger partial charge in [-0.2, -0.15) is 0 Å². The van der Waals surface area contributed by atoms with E-state index in [0.717, 1.165) is 17.8 Å². The van der Waals surface area contributed by atoms with Gasteiger partial charge in [0.1, 0.15) is 0 Å². The summed E-state index contributed by atoms with van der Waals surface area (Å²) in [6.45, 7) is 2.56. The molecule has 4 heteroatoms. The minimum atomic E-state index is 0.424. The van der Waals surface area contributed by atoms with Gasteiger partial charge >= 0.3 is 0 Å². The largest absolute Gasteiger partial charge is 0.325 e. The van der Waals surface area contributed by atoms with Crippen LogP contribution >= 0.6 is 0 Å². The standard InChI is InChI=1S/C11H14N4/c1-2-9-3-5-11(6-4-9)15-8-10(7-12)13-14-15/h3-6,8H,2,7,12H2,1H3. The number of aromatic nitrogens is 3. The van der Waals surface area contributed by atoms with Crippen molar-refractivity contribution in [2.24, 2.45) is 5.73 Å². The summed E-state index contributed by atoms with van der Waals surface area (Å²) in [6, 6.07) is 8.26. The molecule has 0 saturated heterocycles. The predicted molar refractivity (Wildman–Crippen MR) is 58.6 cm³/mol. The van der Waals surface area contributed by atoms with Gasteiger partial charge in [-0.3, -0.25) is 0 Å². The molecule has 0 radical (unpaired) electrons. The molecule has 0 spiro atoms. The summed E-state index contributed by atoms with van der Waals surface area (Å²) >= 11 is 0. The second-order valence-corrected chi connectivity index (χ2v) is 3.38. The summed E-state index contributed by atoms with van der Waals surface area (Å²) in [6.07, 6.45) is 2.90. The fourth-order valence-electron chi connectivity index (χ4n) is 1.40. The molecule has 0 aliphatic rings. The Morgan fingerprint density at radius 3 is 2.53 bits per heavy atom. The molecule has 15 heavy (non-hydrogen) atoms. The highest BCUT2D eigenvalue weighted by atomic mass is 15.4. The van der Waals surface area contributed by atoms with E-state index in [4.69, 9.17) is 5.73 Å². The first-order valence-corrected chi connectivity index (χ1v) is 5.04. The van der Waals surface area contributed by atoms with Gasteiger partial charge in [0.2, 0.25) is 0 Å². The van der Waals surface area contributed by atoms with Crippen LogP contribution in [0.5, 0.6) is 0 Å². The lowest BCUT2D eigenvalue weighted by Crippen LogP contribution is -1.96. The van der Waals surface area contributed by atoms with Crippen LogP contribution in [0.25, 0.3) is 5.69 Å². The van der Waals surface area contributed by atoms with Crippen molar-refractivity contribution in [3.63, 3.8) is 0 Å². The second kappa shape index (κ2) is 4.23. The predicted octanol–water partition coefficient (Wildman–Crippen LogP) is 1.29. The van der Waals surface area contributed by atoms with Gasteiger partial charge in [0, 0.05) is 6.54 Å². The van der Waals surface area contributed by atoms with Crippen LogP contribution in [0.15, 0.2) is 30.5 Å². The van der Waals surface area contributed by atoms with Gasteiger partial charge in [0.15, 0.2) is 0 Å². The molecule has 2 N–H and O–H groups in total. The maximum Gasteiger partial charge on any atom is 0.0967 e. The molecular weight excluding hydrogens is 188 g/mol. The number of nitrogens with two attached hydrogens (primary N) is 1. The molecule has 0 unspecified atom stereocenters. The Kier molecular flexibility index (Phi) is 2.78. The van der Waals surface area contributed by atoms with E-state index in [1.54, 1.807) is 4.68 Å². The lowest BCUT2D eigenvalue weighted by atomic mass is 10.1. The maximum absolute atomic E-state index is 5.47. The van der Waals surface area contributed by atoms with Gasteiger partial charge in [-0.25, -0.2) is 4.68 Å². The van der Waals surface area contributed by atoms with Crippen molar-refractivity contribution < 1.29 is 0 Å². The third kappa shape index (κ3) is 2.05. The first-order chi connectivity index (χ1) is 7.33. The lowest BCUT2D eigenvalue weighted by molar-refractivity contribution is 0.796. The second-order valence-electron chi connectivity index (χ2n) is 3.38. The van der Waals surface area contributed by atoms with Gasteiger partial charge in [-0.1, -0.05) is 24.3 Å². The third-order valence-electron chi connectivity index (χ3n) is 2.36. The highest BCUT2D eigenvalue weighted by Gasteiger charge is 2.00. The summed E-state index contributed by atoms with van der Waals surface area (Å²) in [4.78, 5) is 0. The van der Waals surface area contributed by atoms with Gasteiger partial charge < -0.3 is 5.73 Å². The summed E-state index contributed by atoms with van der Waals surface area (Å²) in [5.41, 5.74) is 8.60. The van der Waals surface area contributed by atoms with Gasteiger partial charge in [-0.15, -0.1) is 5.10 Å². The number of rotatable bonds is 3. The van der Waals surface area contributed by atoms with E-state index in [2.05, 4.69) is 29.4 Å². The summed E-state index contributed by atoms with van der Waals surface area (Å²) in [5, 5.41) is 7.94. The monoisotopic (exact) mass is 202 g/mol. The molecule has 2 rings (SSSR count). The summed E-state index contributed by atoms with van der Waals surface area (Å²) in [5.74, 6) is 0. The quantitative estimate of drug-likeness (QED) is 0.815. The zero-order valence-corrected chi connectivity index (χ0v) is 8.72. The highest BCUT2D eigenvalue weighted by Crippen LogP contribution is 2.09. The van der Waals surface area contributed by atoms with Crippen LogP contribution in [0.1, 0.15) is 18.2 Å². The molecule has 0 atom stereocenters. The van der Waals surface area contributed by atoms with Crippen molar-refractivity contribution in [1.29, 1.82) is 0 Å². The van der Waals surface area contributed by atoms with Crippen LogP contribution < -0.4 is 5.73 Å². The van der Waals surface area contributed by atoms with E-state index < -0.39 is 0 Å². The molecule has 78 valence electrons. The zero-order valence-electron chi connectivity index (χ0n) is 8.72. The number of benzene rings is 1. The number of aryl methyl sites for hydroxylation is 1. The van der Waals surface area contributed by atoms with Crippen LogP contribution in [-0.4, -0.2) is 15.0 Å². The van der Waals surface area contributed by atoms with Crippen molar-refractivity contribution in [1.82, 2.24) is 15.0 Å². The Morgan fingerprint density at radius 2 is 2.00 bits per heavy atom. The van der Waals surface area contributed by atoms with E-state index in [1.165, 1.54) is 5.56 Å². The smallest absolute Gasteiger partial charge is 0.0967 e. The van der Waals surface area contributed by atoms with E-state index in [-0.39, 0.29) is 0 Å². The Morgan fingerprint density at radius 1 is 1.27 bits per heavy atom. The lowest BCUT2D eigenvalue weighted by Gasteiger charge is -2.00. The van der Waals surface area contributed by atoms with Crippen LogP contribution in [-0.2, 0) is 13.0 Å². The third-order valence-corrected chi connectivity index (χ3v) is 2.36. The van der Waals surface area contributed by atoms with Gasteiger partial charge in [-0.05, 0) is 24.1 Å². The van der Waals surface area contributed by atoms with Crippen LogP contribution in [0.4, 0.5) is 0 Å². The molecule has 4 nitrogen and oxygen atoms in total. The SMILES string of the molecule is CCc1ccc(-n2cc(CN)nn2)cc1. The molecule has 0 aliphatic heterocycles. The average molecular weight is 202 g/mol. The van der Waals surface area contributed by atoms with Crippen molar-refractivity contribution in [2.75, 3.05) is 0 Å². The molecule has 0 saturated carbocycles. The molecular formula is C11H14N4. The fraction of sp³-hybridized carbons (Fsp3) is 0.273. The zero-order chi connectivity index (χ0) is 10.7. The molecule has 2 aromatic rings. The van der Waals surface area contributed by atoms with Crippen molar-refractivity contribution >= 4 is 0 Å². The average Bonchev–Trinajstić information content (AvgIpc) is 2.78. The topological polar surface area (TPSA) is 56.7 Å². The normalized spacial score (nSPS) is 10.5. The molecule has 0 aliphatic carbocycles. The first-order valence-electron chi connectivity index (χ1n) is 5.04. The highest BCUT2D eigenvalue weighted by molar-refractivity contribution is 5.33. The Balaban J connectivity index is 2.28. The van der Waals surface area contributed by atoms with Crippen LogP contribution in [0.3, 0.4) is 0 Å². The Hall–Kier alpha value is -1.68. The molecule has 1 heterocycles. The molecule has 0 fully saturated rings. The van der Waals surface area contributed by atoms with Gasteiger partial charge in [0.25, 0.3) is 0 Å². The van der Waals surface area contributed by atoms with E-state index in [0.29, 0.717) is 6.54 Å². The van der Waals surface area contributed by atoms with E-state index in [9.17, 15) is 0 Å². The minimum Gasteiger partial charge on any atom is -0.325 e. The maximum atomic E-state index is 5.47.